The molecular weight excluding hydrogens is 216 g/mol. The molecule has 0 aliphatic heterocycles. The first kappa shape index (κ1) is 9.85. The third-order valence-corrected chi connectivity index (χ3v) is 2.72. The minimum Gasteiger partial charge on any atom is -0.481 e. The van der Waals surface area contributed by atoms with E-state index < -0.39 is 5.97 Å². The Balaban J connectivity index is 2.23. The van der Waals surface area contributed by atoms with Gasteiger partial charge in [-0.3, -0.25) is 4.79 Å². The van der Waals surface area contributed by atoms with Gasteiger partial charge in [0, 0.05) is 4.88 Å². The lowest BCUT2D eigenvalue weighted by Crippen LogP contribution is -2.01. The number of aliphatic carboxylic acids is 1. The van der Waals surface area contributed by atoms with Crippen molar-refractivity contribution in [1.29, 1.82) is 0 Å². The van der Waals surface area contributed by atoms with Gasteiger partial charge in [0.15, 0.2) is 5.82 Å². The Hall–Kier alpha value is -1.69. The Morgan fingerprint density at radius 3 is 3.00 bits per heavy atom. The molecular formula is C9H8N2O3S. The minimum atomic E-state index is -0.968. The molecule has 0 saturated carbocycles. The predicted molar refractivity (Wildman–Crippen MR) is 53.7 cm³/mol. The van der Waals surface area contributed by atoms with Gasteiger partial charge in [0.1, 0.15) is 6.42 Å². The lowest BCUT2D eigenvalue weighted by molar-refractivity contribution is -0.136. The molecule has 6 heteroatoms. The molecule has 78 valence electrons. The second-order valence-electron chi connectivity index (χ2n) is 3.00. The van der Waals surface area contributed by atoms with Crippen molar-refractivity contribution in [1.82, 2.24) is 10.1 Å². The summed E-state index contributed by atoms with van der Waals surface area (Å²) in [6.07, 6.45) is -0.214. The van der Waals surface area contributed by atoms with E-state index in [0.29, 0.717) is 5.89 Å². The van der Waals surface area contributed by atoms with Crippen LogP contribution in [0.25, 0.3) is 10.8 Å². The van der Waals surface area contributed by atoms with Crippen LogP contribution in [-0.4, -0.2) is 21.2 Å². The lowest BCUT2D eigenvalue weighted by Gasteiger charge is -1.84. The number of carbonyl (C=O) groups is 1. The van der Waals surface area contributed by atoms with Gasteiger partial charge in [-0.2, -0.15) is 4.98 Å². The number of hydrogen-bond acceptors (Lipinski definition) is 5. The van der Waals surface area contributed by atoms with E-state index in [0.717, 1.165) is 9.75 Å². The molecule has 0 bridgehead atoms. The number of nitrogens with zero attached hydrogens (tertiary/aromatic N) is 2. The molecule has 2 aromatic heterocycles. The number of thiophene rings is 1. The van der Waals surface area contributed by atoms with Crippen molar-refractivity contribution in [2.24, 2.45) is 0 Å². The zero-order valence-electron chi connectivity index (χ0n) is 7.93. The van der Waals surface area contributed by atoms with Crippen LogP contribution in [0.15, 0.2) is 16.7 Å². The molecule has 0 aromatic carbocycles. The van der Waals surface area contributed by atoms with Crippen molar-refractivity contribution in [2.75, 3.05) is 0 Å². The van der Waals surface area contributed by atoms with Crippen molar-refractivity contribution >= 4 is 17.3 Å². The van der Waals surface area contributed by atoms with E-state index in [1.165, 1.54) is 11.3 Å². The van der Waals surface area contributed by atoms with E-state index in [1.807, 2.05) is 19.1 Å². The van der Waals surface area contributed by atoms with Crippen molar-refractivity contribution < 1.29 is 14.4 Å². The van der Waals surface area contributed by atoms with Crippen LogP contribution in [0.4, 0.5) is 0 Å². The van der Waals surface area contributed by atoms with Gasteiger partial charge in [-0.1, -0.05) is 5.16 Å². The Morgan fingerprint density at radius 2 is 2.40 bits per heavy atom. The summed E-state index contributed by atoms with van der Waals surface area (Å²) in [5, 5.41) is 12.1. The monoisotopic (exact) mass is 224 g/mol. The van der Waals surface area contributed by atoms with E-state index in [2.05, 4.69) is 10.1 Å². The Labute approximate surface area is 89.4 Å². The number of rotatable bonds is 3. The average molecular weight is 224 g/mol. The second kappa shape index (κ2) is 3.82. The first-order valence-corrected chi connectivity index (χ1v) is 5.08. The van der Waals surface area contributed by atoms with Crippen LogP contribution in [0.5, 0.6) is 0 Å². The Kier molecular flexibility index (Phi) is 2.51. The van der Waals surface area contributed by atoms with E-state index in [-0.39, 0.29) is 12.2 Å². The second-order valence-corrected chi connectivity index (χ2v) is 4.28. The maximum absolute atomic E-state index is 10.4. The smallest absolute Gasteiger partial charge is 0.311 e. The number of carboxylic acids is 1. The Morgan fingerprint density at radius 1 is 1.60 bits per heavy atom. The third kappa shape index (κ3) is 2.21. The fourth-order valence-electron chi connectivity index (χ4n) is 1.11. The molecule has 0 fully saturated rings. The van der Waals surface area contributed by atoms with Crippen LogP contribution < -0.4 is 0 Å². The molecule has 0 aliphatic rings. The van der Waals surface area contributed by atoms with Gasteiger partial charge in [0.25, 0.3) is 5.89 Å². The quantitative estimate of drug-likeness (QED) is 0.859. The zero-order chi connectivity index (χ0) is 10.8. The summed E-state index contributed by atoms with van der Waals surface area (Å²) in [7, 11) is 0. The lowest BCUT2D eigenvalue weighted by atomic mass is 10.4. The molecule has 5 nitrogen and oxygen atoms in total. The first-order valence-electron chi connectivity index (χ1n) is 4.26. The van der Waals surface area contributed by atoms with E-state index >= 15 is 0 Å². The van der Waals surface area contributed by atoms with Crippen LogP contribution in [0.3, 0.4) is 0 Å². The summed E-state index contributed by atoms with van der Waals surface area (Å²) in [5.41, 5.74) is 0. The molecule has 0 aliphatic carbocycles. The molecule has 0 atom stereocenters. The highest BCUT2D eigenvalue weighted by molar-refractivity contribution is 7.15. The number of carboxylic acid groups (broad SMARTS) is 1. The van der Waals surface area contributed by atoms with Gasteiger partial charge < -0.3 is 9.63 Å². The number of aryl methyl sites for hydroxylation is 1. The highest BCUT2D eigenvalue weighted by Gasteiger charge is 2.12. The highest BCUT2D eigenvalue weighted by Crippen LogP contribution is 2.25. The summed E-state index contributed by atoms with van der Waals surface area (Å²) < 4.78 is 4.95. The largest absolute Gasteiger partial charge is 0.481 e. The van der Waals surface area contributed by atoms with Crippen LogP contribution in [0, 0.1) is 6.92 Å². The van der Waals surface area contributed by atoms with Gasteiger partial charge in [0.2, 0.25) is 0 Å². The standard InChI is InChI=1S/C9H8N2O3S/c1-5-2-3-6(15-5)9-10-7(11-14-9)4-8(12)13/h2-3H,4H2,1H3,(H,12,13). The Bertz CT molecular complexity index is 489. The maximum Gasteiger partial charge on any atom is 0.311 e. The third-order valence-electron chi connectivity index (χ3n) is 1.73. The number of hydrogen-bond donors (Lipinski definition) is 1. The summed E-state index contributed by atoms with van der Waals surface area (Å²) in [4.78, 5) is 16.4. The molecule has 0 spiro atoms. The zero-order valence-corrected chi connectivity index (χ0v) is 8.74. The van der Waals surface area contributed by atoms with Gasteiger partial charge in [-0.05, 0) is 19.1 Å². The minimum absolute atomic E-state index is 0.198. The molecule has 2 aromatic rings. The van der Waals surface area contributed by atoms with E-state index in [1.54, 1.807) is 0 Å². The van der Waals surface area contributed by atoms with Crippen molar-refractivity contribution in [3.8, 4) is 10.8 Å². The summed E-state index contributed by atoms with van der Waals surface area (Å²) in [5.74, 6) is -0.391. The molecule has 0 radical (unpaired) electrons. The van der Waals surface area contributed by atoms with E-state index in [4.69, 9.17) is 9.63 Å². The topological polar surface area (TPSA) is 76.2 Å². The molecule has 2 rings (SSSR count). The highest BCUT2D eigenvalue weighted by atomic mass is 32.1. The van der Waals surface area contributed by atoms with Crippen molar-refractivity contribution in [3.63, 3.8) is 0 Å². The van der Waals surface area contributed by atoms with Crippen LogP contribution in [0.2, 0.25) is 0 Å². The predicted octanol–water partition coefficient (Wildman–Crippen LogP) is 1.73. The summed E-state index contributed by atoms with van der Waals surface area (Å²) in [6, 6.07) is 3.82. The SMILES string of the molecule is Cc1ccc(-c2nc(CC(=O)O)no2)s1. The van der Waals surface area contributed by atoms with Crippen LogP contribution >= 0.6 is 11.3 Å². The fourth-order valence-corrected chi connectivity index (χ4v) is 1.90. The molecule has 1 N–H and O–H groups in total. The normalized spacial score (nSPS) is 10.5. The van der Waals surface area contributed by atoms with Crippen molar-refractivity contribution in [3.05, 3.63) is 22.8 Å². The fraction of sp³-hybridized carbons (Fsp3) is 0.222. The summed E-state index contributed by atoms with van der Waals surface area (Å²) >= 11 is 1.53. The van der Waals surface area contributed by atoms with E-state index in [9.17, 15) is 4.79 Å². The van der Waals surface area contributed by atoms with Crippen molar-refractivity contribution in [2.45, 2.75) is 13.3 Å². The average Bonchev–Trinajstić information content (AvgIpc) is 2.72. The van der Waals surface area contributed by atoms with Crippen LogP contribution in [-0.2, 0) is 11.2 Å². The molecule has 0 amide bonds. The molecule has 2 heterocycles. The summed E-state index contributed by atoms with van der Waals surface area (Å²) in [6.45, 7) is 1.97. The van der Waals surface area contributed by atoms with Crippen LogP contribution in [0.1, 0.15) is 10.7 Å². The molecule has 15 heavy (non-hydrogen) atoms. The van der Waals surface area contributed by atoms with Gasteiger partial charge in [-0.15, -0.1) is 11.3 Å². The number of aromatic nitrogens is 2. The molecule has 0 unspecified atom stereocenters. The van der Waals surface area contributed by atoms with Gasteiger partial charge in [-0.25, -0.2) is 0 Å². The van der Waals surface area contributed by atoms with Gasteiger partial charge >= 0.3 is 5.97 Å². The molecule has 0 saturated heterocycles. The maximum atomic E-state index is 10.4. The first-order chi connectivity index (χ1) is 7.15. The van der Waals surface area contributed by atoms with Gasteiger partial charge in [0.05, 0.1) is 4.88 Å².